The molecule has 0 radical (unpaired) electrons. The van der Waals surface area contributed by atoms with E-state index in [1.54, 1.807) is 19.1 Å². The lowest BCUT2D eigenvalue weighted by molar-refractivity contribution is -0.0514. The first kappa shape index (κ1) is 15.8. The maximum atomic E-state index is 12.4. The van der Waals surface area contributed by atoms with E-state index in [0.29, 0.717) is 12.2 Å². The van der Waals surface area contributed by atoms with Gasteiger partial charge in [-0.15, -0.1) is 0 Å². The molecule has 0 aliphatic heterocycles. The van der Waals surface area contributed by atoms with Crippen LogP contribution in [0.5, 0.6) is 11.5 Å². The summed E-state index contributed by atoms with van der Waals surface area (Å²) in [6, 6.07) is 4.58. The minimum absolute atomic E-state index is 0.0135. The van der Waals surface area contributed by atoms with Crippen LogP contribution in [0, 0.1) is 0 Å². The minimum atomic E-state index is -2.90. The predicted molar refractivity (Wildman–Crippen MR) is 75.8 cm³/mol. The molecule has 0 spiro atoms. The van der Waals surface area contributed by atoms with Crippen molar-refractivity contribution in [1.29, 1.82) is 0 Å². The summed E-state index contributed by atoms with van der Waals surface area (Å²) < 4.78 is 34.5. The van der Waals surface area contributed by atoms with Gasteiger partial charge in [-0.1, -0.05) is 12.1 Å². The molecule has 0 aromatic heterocycles. The minimum Gasteiger partial charge on any atom is -0.490 e. The highest BCUT2D eigenvalue weighted by molar-refractivity contribution is 5.45. The molecule has 0 bridgehead atoms. The Bertz CT molecular complexity index is 500. The van der Waals surface area contributed by atoms with Crippen LogP contribution in [0.25, 0.3) is 0 Å². The maximum Gasteiger partial charge on any atom is 0.387 e. The van der Waals surface area contributed by atoms with Crippen molar-refractivity contribution in [3.63, 3.8) is 0 Å². The Kier molecular flexibility index (Phi) is 5.56. The molecule has 1 aliphatic rings. The van der Waals surface area contributed by atoms with Crippen LogP contribution in [0.4, 0.5) is 8.78 Å². The van der Waals surface area contributed by atoms with Crippen molar-refractivity contribution in [2.75, 3.05) is 6.61 Å². The van der Waals surface area contributed by atoms with Gasteiger partial charge in [-0.05, 0) is 55.9 Å². The fraction of sp³-hybridized carbons (Fsp3) is 0.500. The highest BCUT2D eigenvalue weighted by atomic mass is 19.3. The van der Waals surface area contributed by atoms with E-state index in [2.05, 4.69) is 10.8 Å². The van der Waals surface area contributed by atoms with Crippen molar-refractivity contribution in [3.8, 4) is 11.5 Å². The van der Waals surface area contributed by atoms with E-state index in [-0.39, 0.29) is 11.5 Å². The zero-order valence-electron chi connectivity index (χ0n) is 12.0. The summed E-state index contributed by atoms with van der Waals surface area (Å²) in [7, 11) is 0. The zero-order chi connectivity index (χ0) is 15.2. The van der Waals surface area contributed by atoms with Crippen molar-refractivity contribution >= 4 is 0 Å². The summed E-state index contributed by atoms with van der Waals surface area (Å²) >= 11 is 0. The number of allylic oxidation sites excluding steroid dienone is 1. The summed E-state index contributed by atoms with van der Waals surface area (Å²) in [4.78, 5) is 0. The van der Waals surface area contributed by atoms with Gasteiger partial charge < -0.3 is 14.6 Å². The summed E-state index contributed by atoms with van der Waals surface area (Å²) in [5, 5.41) is 10.4. The van der Waals surface area contributed by atoms with Crippen molar-refractivity contribution in [1.82, 2.24) is 0 Å². The van der Waals surface area contributed by atoms with Gasteiger partial charge in [0.15, 0.2) is 11.5 Å². The molecule has 1 N–H and O–H groups in total. The Morgan fingerprint density at radius 3 is 2.67 bits per heavy atom. The van der Waals surface area contributed by atoms with Crippen LogP contribution in [0.3, 0.4) is 0 Å². The normalized spacial score (nSPS) is 16.5. The largest absolute Gasteiger partial charge is 0.490 e. The van der Waals surface area contributed by atoms with Crippen LogP contribution >= 0.6 is 0 Å². The average Bonchev–Trinajstić information content (AvgIpc) is 2.49. The molecule has 1 aliphatic carbocycles. The predicted octanol–water partition coefficient (Wildman–Crippen LogP) is 4.22. The third-order valence-electron chi connectivity index (χ3n) is 3.48. The molecule has 1 atom stereocenters. The van der Waals surface area contributed by atoms with Crippen molar-refractivity contribution in [3.05, 3.63) is 35.4 Å². The number of hydrogen-bond donors (Lipinski definition) is 1. The zero-order valence-corrected chi connectivity index (χ0v) is 12.0. The molecule has 2 rings (SSSR count). The number of aliphatic hydroxyl groups is 1. The van der Waals surface area contributed by atoms with Gasteiger partial charge >= 0.3 is 6.61 Å². The standard InChI is InChI=1S/C16H20F2O3/c1-2-20-14-10-12(8-9-13(14)21-16(17)18)15(19)11-6-4-3-5-7-11/h6,8-10,15-16,19H,2-5,7H2,1H3. The molecule has 0 saturated heterocycles. The van der Waals surface area contributed by atoms with Crippen LogP contribution in [-0.2, 0) is 0 Å². The lowest BCUT2D eigenvalue weighted by Crippen LogP contribution is -2.08. The van der Waals surface area contributed by atoms with E-state index in [1.807, 2.05) is 0 Å². The molecule has 1 unspecified atom stereocenters. The fourth-order valence-electron chi connectivity index (χ4n) is 2.48. The molecule has 0 fully saturated rings. The molecule has 1 aromatic carbocycles. The Morgan fingerprint density at radius 1 is 1.24 bits per heavy atom. The molecule has 3 nitrogen and oxygen atoms in total. The molecule has 0 amide bonds. The quantitative estimate of drug-likeness (QED) is 0.799. The fourth-order valence-corrected chi connectivity index (χ4v) is 2.48. The van der Waals surface area contributed by atoms with E-state index in [9.17, 15) is 13.9 Å². The van der Waals surface area contributed by atoms with E-state index < -0.39 is 12.7 Å². The van der Waals surface area contributed by atoms with Gasteiger partial charge in [-0.25, -0.2) is 0 Å². The second-order valence-corrected chi connectivity index (χ2v) is 4.95. The van der Waals surface area contributed by atoms with Gasteiger partial charge in [-0.3, -0.25) is 0 Å². The number of hydrogen-bond acceptors (Lipinski definition) is 3. The Morgan fingerprint density at radius 2 is 2.05 bits per heavy atom. The monoisotopic (exact) mass is 298 g/mol. The first-order valence-electron chi connectivity index (χ1n) is 7.20. The van der Waals surface area contributed by atoms with Gasteiger partial charge in [0.05, 0.1) is 6.61 Å². The summed E-state index contributed by atoms with van der Waals surface area (Å²) in [6.07, 6.45) is 5.37. The summed E-state index contributed by atoms with van der Waals surface area (Å²) in [5.74, 6) is 0.214. The third kappa shape index (κ3) is 4.17. The highest BCUT2D eigenvalue weighted by Gasteiger charge is 2.18. The number of benzene rings is 1. The van der Waals surface area contributed by atoms with Crippen molar-refractivity contribution in [2.45, 2.75) is 45.3 Å². The van der Waals surface area contributed by atoms with Crippen molar-refractivity contribution in [2.24, 2.45) is 0 Å². The number of halogens is 2. The average molecular weight is 298 g/mol. The van der Waals surface area contributed by atoms with Gasteiger partial charge in [-0.2, -0.15) is 8.78 Å². The number of rotatable bonds is 6. The molecule has 21 heavy (non-hydrogen) atoms. The Balaban J connectivity index is 2.23. The van der Waals surface area contributed by atoms with Gasteiger partial charge in [0.25, 0.3) is 0 Å². The molecule has 0 saturated carbocycles. The van der Waals surface area contributed by atoms with E-state index in [0.717, 1.165) is 31.3 Å². The second kappa shape index (κ2) is 7.41. The van der Waals surface area contributed by atoms with Gasteiger partial charge in [0, 0.05) is 0 Å². The first-order chi connectivity index (χ1) is 10.1. The Labute approximate surface area is 123 Å². The maximum absolute atomic E-state index is 12.4. The number of ether oxygens (including phenoxy) is 2. The van der Waals surface area contributed by atoms with Gasteiger partial charge in [0.2, 0.25) is 0 Å². The van der Waals surface area contributed by atoms with Crippen LogP contribution in [0.15, 0.2) is 29.8 Å². The topological polar surface area (TPSA) is 38.7 Å². The molecule has 0 heterocycles. The van der Waals surface area contributed by atoms with Crippen LogP contribution in [-0.4, -0.2) is 18.3 Å². The summed E-state index contributed by atoms with van der Waals surface area (Å²) in [6.45, 7) is -0.804. The molecule has 116 valence electrons. The van der Waals surface area contributed by atoms with E-state index >= 15 is 0 Å². The first-order valence-corrected chi connectivity index (χ1v) is 7.20. The van der Waals surface area contributed by atoms with Crippen LogP contribution in [0.2, 0.25) is 0 Å². The SMILES string of the molecule is CCOc1cc(C(O)C2=CCCCC2)ccc1OC(F)F. The molecule has 1 aromatic rings. The van der Waals surface area contributed by atoms with Crippen molar-refractivity contribution < 1.29 is 23.4 Å². The molecule has 5 heteroatoms. The molecular formula is C16H20F2O3. The lowest BCUT2D eigenvalue weighted by Gasteiger charge is -2.20. The number of aliphatic hydroxyl groups excluding tert-OH is 1. The van der Waals surface area contributed by atoms with E-state index in [1.165, 1.54) is 6.07 Å². The smallest absolute Gasteiger partial charge is 0.387 e. The number of alkyl halides is 2. The third-order valence-corrected chi connectivity index (χ3v) is 3.48. The second-order valence-electron chi connectivity index (χ2n) is 4.95. The molecular weight excluding hydrogens is 278 g/mol. The lowest BCUT2D eigenvalue weighted by atomic mass is 9.91. The Hall–Kier alpha value is -1.62. The van der Waals surface area contributed by atoms with Crippen LogP contribution in [0.1, 0.15) is 44.3 Å². The highest BCUT2D eigenvalue weighted by Crippen LogP contribution is 2.35. The summed E-state index contributed by atoms with van der Waals surface area (Å²) in [5.41, 5.74) is 1.61. The van der Waals surface area contributed by atoms with Gasteiger partial charge in [0.1, 0.15) is 6.10 Å². The van der Waals surface area contributed by atoms with Crippen LogP contribution < -0.4 is 9.47 Å². The van der Waals surface area contributed by atoms with E-state index in [4.69, 9.17) is 4.74 Å².